The van der Waals surface area contributed by atoms with Gasteiger partial charge in [0.15, 0.2) is 11.5 Å². The van der Waals surface area contributed by atoms with Gasteiger partial charge in [-0.2, -0.15) is 5.10 Å². The number of halogens is 1. The van der Waals surface area contributed by atoms with Gasteiger partial charge in [-0.3, -0.25) is 9.59 Å². The van der Waals surface area contributed by atoms with Crippen molar-refractivity contribution >= 4 is 23.3 Å². The third-order valence-corrected chi connectivity index (χ3v) is 5.08. The molecule has 4 rings (SSSR count). The van der Waals surface area contributed by atoms with Crippen LogP contribution in [0.1, 0.15) is 18.2 Å². The topological polar surface area (TPSA) is 94.5 Å². The lowest BCUT2D eigenvalue weighted by Crippen LogP contribution is -2.23. The van der Waals surface area contributed by atoms with Crippen molar-refractivity contribution in [2.24, 2.45) is 0 Å². The maximum absolute atomic E-state index is 13.3. The van der Waals surface area contributed by atoms with Crippen LogP contribution in [0.25, 0.3) is 11.1 Å². The van der Waals surface area contributed by atoms with Crippen LogP contribution in [0.3, 0.4) is 0 Å². The minimum Gasteiger partial charge on any atom is -0.493 e. The molecule has 2 aromatic carbocycles. The average molecular weight is 424 g/mol. The first-order chi connectivity index (χ1) is 14.9. The van der Waals surface area contributed by atoms with Crippen molar-refractivity contribution in [3.63, 3.8) is 0 Å². The van der Waals surface area contributed by atoms with E-state index in [9.17, 15) is 14.0 Å². The van der Waals surface area contributed by atoms with E-state index >= 15 is 0 Å². The van der Waals surface area contributed by atoms with E-state index in [2.05, 4.69) is 15.7 Å². The minimum absolute atomic E-state index is 0.137. The summed E-state index contributed by atoms with van der Waals surface area (Å²) in [5.41, 5.74) is 2.55. The minimum atomic E-state index is -0.809. The van der Waals surface area contributed by atoms with Gasteiger partial charge in [0.25, 0.3) is 5.91 Å². The quantitative estimate of drug-likeness (QED) is 0.631. The molecule has 31 heavy (non-hydrogen) atoms. The number of hydrogen-bond donors (Lipinski definition) is 2. The van der Waals surface area contributed by atoms with E-state index in [0.29, 0.717) is 28.7 Å². The number of nitrogens with one attached hydrogen (secondary N) is 2. The molecule has 1 atom stereocenters. The van der Waals surface area contributed by atoms with Crippen molar-refractivity contribution in [3.8, 4) is 22.6 Å². The molecule has 3 aromatic rings. The monoisotopic (exact) mass is 424 g/mol. The predicted molar refractivity (Wildman–Crippen MR) is 113 cm³/mol. The molecule has 0 spiro atoms. The second-order valence-corrected chi connectivity index (χ2v) is 7.09. The number of anilines is 2. The van der Waals surface area contributed by atoms with Crippen LogP contribution in [0.4, 0.5) is 15.9 Å². The summed E-state index contributed by atoms with van der Waals surface area (Å²) in [7, 11) is 3.10. The van der Waals surface area contributed by atoms with E-state index in [4.69, 9.17) is 9.47 Å². The van der Waals surface area contributed by atoms with E-state index in [0.717, 1.165) is 11.1 Å². The number of benzene rings is 2. The Morgan fingerprint density at radius 2 is 1.97 bits per heavy atom. The molecule has 0 radical (unpaired) electrons. The Balaban J connectivity index is 1.61. The number of aryl methyl sites for hydroxylation is 1. The molecule has 0 saturated heterocycles. The lowest BCUT2D eigenvalue weighted by molar-refractivity contribution is -0.123. The summed E-state index contributed by atoms with van der Waals surface area (Å²) >= 11 is 0. The highest BCUT2D eigenvalue weighted by atomic mass is 19.1. The van der Waals surface area contributed by atoms with Crippen LogP contribution in [0.15, 0.2) is 42.5 Å². The number of aromatic nitrogens is 2. The standard InChI is InChI=1S/C22H21FN4O4/c1-12-20(13-7-8-17(30-2)18(9-13)31-3)21-25-22(29)16(27(21)26-12)11-19(28)24-15-6-4-5-14(23)10-15/h4-10,16H,11H2,1-3H3,(H,24,28)(H,25,29). The summed E-state index contributed by atoms with van der Waals surface area (Å²) in [6.45, 7) is 1.83. The fourth-order valence-corrected chi connectivity index (χ4v) is 3.67. The molecule has 160 valence electrons. The van der Waals surface area contributed by atoms with Gasteiger partial charge < -0.3 is 20.1 Å². The summed E-state index contributed by atoms with van der Waals surface area (Å²) in [6.07, 6.45) is -0.137. The summed E-state index contributed by atoms with van der Waals surface area (Å²) in [6, 6.07) is 10.2. The van der Waals surface area contributed by atoms with Crippen molar-refractivity contribution in [2.75, 3.05) is 24.9 Å². The van der Waals surface area contributed by atoms with Gasteiger partial charge in [-0.15, -0.1) is 0 Å². The molecule has 0 saturated carbocycles. The average Bonchev–Trinajstić information content (AvgIpc) is 3.21. The summed E-state index contributed by atoms with van der Waals surface area (Å²) in [5, 5.41) is 9.93. The Morgan fingerprint density at radius 1 is 1.19 bits per heavy atom. The zero-order valence-electron chi connectivity index (χ0n) is 17.2. The van der Waals surface area contributed by atoms with Gasteiger partial charge in [0, 0.05) is 11.3 Å². The van der Waals surface area contributed by atoms with Gasteiger partial charge in [-0.05, 0) is 42.8 Å². The highest BCUT2D eigenvalue weighted by molar-refractivity contribution is 6.04. The number of amides is 2. The Hall–Kier alpha value is -3.88. The second-order valence-electron chi connectivity index (χ2n) is 7.09. The molecule has 0 aliphatic carbocycles. The lowest BCUT2D eigenvalue weighted by atomic mass is 10.1. The second kappa shape index (κ2) is 8.10. The van der Waals surface area contributed by atoms with E-state index < -0.39 is 17.8 Å². The molecular weight excluding hydrogens is 403 g/mol. The summed E-state index contributed by atoms with van der Waals surface area (Å²) in [5.74, 6) is 0.440. The maximum atomic E-state index is 13.3. The highest BCUT2D eigenvalue weighted by Gasteiger charge is 2.36. The Bertz CT molecular complexity index is 1170. The van der Waals surface area contributed by atoms with Crippen molar-refractivity contribution in [3.05, 3.63) is 54.0 Å². The van der Waals surface area contributed by atoms with Crippen molar-refractivity contribution < 1.29 is 23.5 Å². The number of methoxy groups -OCH3 is 2. The molecule has 8 nitrogen and oxygen atoms in total. The van der Waals surface area contributed by atoms with Crippen LogP contribution in [-0.4, -0.2) is 35.8 Å². The molecule has 0 bridgehead atoms. The van der Waals surface area contributed by atoms with Gasteiger partial charge in [0.05, 0.1) is 26.3 Å². The smallest absolute Gasteiger partial charge is 0.251 e. The predicted octanol–water partition coefficient (Wildman–Crippen LogP) is 3.54. The van der Waals surface area contributed by atoms with Gasteiger partial charge in [0.1, 0.15) is 17.7 Å². The largest absolute Gasteiger partial charge is 0.493 e. The van der Waals surface area contributed by atoms with E-state index in [1.165, 1.54) is 22.9 Å². The molecule has 0 fully saturated rings. The molecule has 2 heterocycles. The molecule has 1 aliphatic rings. The highest BCUT2D eigenvalue weighted by Crippen LogP contribution is 2.41. The Morgan fingerprint density at radius 3 is 2.68 bits per heavy atom. The van der Waals surface area contributed by atoms with E-state index in [1.54, 1.807) is 32.4 Å². The first-order valence-electron chi connectivity index (χ1n) is 9.59. The van der Waals surface area contributed by atoms with Gasteiger partial charge in [-0.1, -0.05) is 12.1 Å². The zero-order chi connectivity index (χ0) is 22.1. The Kier molecular flexibility index (Phi) is 5.33. The molecule has 1 aliphatic heterocycles. The van der Waals surface area contributed by atoms with Crippen LogP contribution >= 0.6 is 0 Å². The first-order valence-corrected chi connectivity index (χ1v) is 9.59. The third-order valence-electron chi connectivity index (χ3n) is 5.08. The van der Waals surface area contributed by atoms with Crippen LogP contribution in [0.5, 0.6) is 11.5 Å². The van der Waals surface area contributed by atoms with Crippen molar-refractivity contribution in [2.45, 2.75) is 19.4 Å². The molecule has 2 amide bonds. The number of carbonyl (C=O) groups is 2. The van der Waals surface area contributed by atoms with Gasteiger partial charge in [-0.25, -0.2) is 9.07 Å². The Labute approximate surface area is 178 Å². The van der Waals surface area contributed by atoms with Gasteiger partial charge in [0.2, 0.25) is 5.91 Å². The molecule has 9 heteroatoms. The fraction of sp³-hybridized carbons (Fsp3) is 0.227. The van der Waals surface area contributed by atoms with Crippen LogP contribution in [0, 0.1) is 12.7 Å². The fourth-order valence-electron chi connectivity index (χ4n) is 3.67. The number of rotatable bonds is 6. The zero-order valence-corrected chi connectivity index (χ0v) is 17.2. The summed E-state index contributed by atoms with van der Waals surface area (Å²) in [4.78, 5) is 25.1. The lowest BCUT2D eigenvalue weighted by Gasteiger charge is -2.10. The van der Waals surface area contributed by atoms with Crippen LogP contribution in [-0.2, 0) is 9.59 Å². The SMILES string of the molecule is COc1ccc(-c2c(C)nn3c2NC(=O)C3CC(=O)Nc2cccc(F)c2)cc1OC. The molecule has 1 aromatic heterocycles. The first kappa shape index (κ1) is 20.4. The summed E-state index contributed by atoms with van der Waals surface area (Å²) < 4.78 is 25.5. The molecule has 2 N–H and O–H groups in total. The van der Waals surface area contributed by atoms with Gasteiger partial charge >= 0.3 is 0 Å². The molecule has 1 unspecified atom stereocenters. The van der Waals surface area contributed by atoms with Crippen molar-refractivity contribution in [1.82, 2.24) is 9.78 Å². The van der Waals surface area contributed by atoms with Crippen molar-refractivity contribution in [1.29, 1.82) is 0 Å². The van der Waals surface area contributed by atoms with Crippen LogP contribution in [0.2, 0.25) is 0 Å². The molecular formula is C22H21FN4O4. The van der Waals surface area contributed by atoms with E-state index in [1.807, 2.05) is 13.0 Å². The number of ether oxygens (including phenoxy) is 2. The number of hydrogen-bond acceptors (Lipinski definition) is 5. The van der Waals surface area contributed by atoms with Crippen LogP contribution < -0.4 is 20.1 Å². The maximum Gasteiger partial charge on any atom is 0.251 e. The number of nitrogens with zero attached hydrogens (tertiary/aromatic N) is 2. The number of fused-ring (bicyclic) bond motifs is 1. The van der Waals surface area contributed by atoms with E-state index in [-0.39, 0.29) is 12.3 Å². The third kappa shape index (κ3) is 3.81. The normalized spacial score (nSPS) is 14.7. The number of carbonyl (C=O) groups excluding carboxylic acids is 2.